The molecule has 1 saturated carbocycles. The molecule has 2 unspecified atom stereocenters. The first kappa shape index (κ1) is 41.2. The Labute approximate surface area is 334 Å². The van der Waals surface area contributed by atoms with Gasteiger partial charge in [0.25, 0.3) is 5.92 Å². The van der Waals surface area contributed by atoms with Gasteiger partial charge < -0.3 is 10.4 Å². The van der Waals surface area contributed by atoms with Crippen molar-refractivity contribution in [3.05, 3.63) is 93.0 Å². The monoisotopic (exact) mass is 849 g/mol. The van der Waals surface area contributed by atoms with Crippen LogP contribution >= 0.6 is 11.6 Å². The number of fused-ring (bicyclic) bond motifs is 2. The van der Waals surface area contributed by atoms with Crippen molar-refractivity contribution in [2.24, 2.45) is 12.5 Å². The molecule has 5 aromatic rings. The highest BCUT2D eigenvalue weighted by Crippen LogP contribution is 2.47. The van der Waals surface area contributed by atoms with Crippen molar-refractivity contribution in [3.63, 3.8) is 0 Å². The Bertz CT molecular complexity index is 2500. The van der Waals surface area contributed by atoms with Gasteiger partial charge in [0.2, 0.25) is 5.91 Å². The van der Waals surface area contributed by atoms with E-state index in [-0.39, 0.29) is 40.8 Å². The second-order valence-corrected chi connectivity index (χ2v) is 16.0. The lowest BCUT2D eigenvalue weighted by Crippen LogP contribution is -2.35. The molecule has 0 radical (unpaired) electrons. The van der Waals surface area contributed by atoms with Crippen LogP contribution in [0.3, 0.4) is 0 Å². The number of aromatic nitrogens is 5. The van der Waals surface area contributed by atoms with Gasteiger partial charge in [-0.15, -0.1) is 0 Å². The van der Waals surface area contributed by atoms with Gasteiger partial charge in [-0.25, -0.2) is 18.0 Å². The van der Waals surface area contributed by atoms with Crippen molar-refractivity contribution in [3.8, 4) is 23.0 Å². The zero-order valence-electron chi connectivity index (χ0n) is 30.9. The van der Waals surface area contributed by atoms with Crippen molar-refractivity contribution in [2.45, 2.75) is 69.6 Å². The van der Waals surface area contributed by atoms with Crippen LogP contribution in [0.25, 0.3) is 22.0 Å². The smallest absolute Gasteiger partial charge is 0.395 e. The summed E-state index contributed by atoms with van der Waals surface area (Å²) in [6.45, 7) is -1.25. The SMILES string of the molecule is Cn1nc(NS(C)=O)c2c(Cl)ccc(-c3ccc(C#CC4(CO)CCCC4)nc3C(Cc3cc(F)cc(F)c3)NC(=O)Cn3nc(C(F)(F)F)c4c3C(F)(F)CC4)c21. The normalized spacial score (nSPS) is 16.8. The van der Waals surface area contributed by atoms with Gasteiger partial charge in [0.15, 0.2) is 11.5 Å². The average Bonchev–Trinajstić information content (AvgIpc) is 3.91. The summed E-state index contributed by atoms with van der Waals surface area (Å²) in [7, 11) is 0.0527. The van der Waals surface area contributed by atoms with E-state index >= 15 is 8.78 Å². The van der Waals surface area contributed by atoms with E-state index < -0.39 is 88.4 Å². The molecule has 2 aliphatic carbocycles. The molecule has 0 spiro atoms. The summed E-state index contributed by atoms with van der Waals surface area (Å²) >= 11 is 6.64. The van der Waals surface area contributed by atoms with Crippen molar-refractivity contribution in [1.29, 1.82) is 0 Å². The highest BCUT2D eigenvalue weighted by molar-refractivity contribution is 7.85. The molecule has 3 N–H and O–H groups in total. The van der Waals surface area contributed by atoms with Crippen LogP contribution in [0.15, 0.2) is 42.5 Å². The molecule has 0 bridgehead atoms. The number of nitrogens with one attached hydrogen (secondary N) is 2. The highest BCUT2D eigenvalue weighted by atomic mass is 35.5. The molecule has 3 heterocycles. The molecule has 3 aromatic heterocycles. The van der Waals surface area contributed by atoms with E-state index in [2.05, 4.69) is 32.1 Å². The molecule has 2 aliphatic rings. The summed E-state index contributed by atoms with van der Waals surface area (Å²) in [5.41, 5.74) is -2.43. The number of hydrogen-bond acceptors (Lipinski definition) is 6. The fourth-order valence-electron chi connectivity index (χ4n) is 7.86. The molecule has 19 heteroatoms. The van der Waals surface area contributed by atoms with Crippen molar-refractivity contribution < 1.29 is 44.8 Å². The van der Waals surface area contributed by atoms with Crippen molar-refractivity contribution in [2.75, 3.05) is 17.6 Å². The lowest BCUT2D eigenvalue weighted by Gasteiger charge is -2.23. The highest BCUT2D eigenvalue weighted by Gasteiger charge is 2.50. The van der Waals surface area contributed by atoms with Crippen LogP contribution in [0.5, 0.6) is 0 Å². The van der Waals surface area contributed by atoms with Gasteiger partial charge in [0, 0.05) is 42.5 Å². The molecule has 1 fully saturated rings. The summed E-state index contributed by atoms with van der Waals surface area (Å²) in [6, 6.07) is 7.80. The van der Waals surface area contributed by atoms with Crippen LogP contribution in [0.1, 0.15) is 72.0 Å². The standard InChI is InChI=1S/C39H35ClF7N7O3S/c1-53-33-26(7-8-28(40)31(33)36(51-53)52-58(2)57)25-6-5-24(9-13-37(20-55)11-3-4-12-37)48-32(25)29(17-21-15-22(41)18-23(42)16-21)49-30(56)19-54-35-27(10-14-38(35,43)44)34(50-54)39(45,46)47/h5-8,15-16,18,29,55H,3-4,10-12,14,17,19-20H2,1-2H3,(H,49,56)(H,51,52). The maximum atomic E-state index is 15.0. The van der Waals surface area contributed by atoms with Gasteiger partial charge in [-0.05, 0) is 67.5 Å². The number of alkyl halides is 5. The molecule has 0 saturated heterocycles. The number of aliphatic hydroxyl groups excluding tert-OH is 1. The van der Waals surface area contributed by atoms with E-state index in [4.69, 9.17) is 16.6 Å². The maximum absolute atomic E-state index is 15.0. The first-order valence-electron chi connectivity index (χ1n) is 18.1. The van der Waals surface area contributed by atoms with Crippen LogP contribution in [0, 0.1) is 28.9 Å². The fraction of sp³-hybridized carbons (Fsp3) is 0.385. The minimum Gasteiger partial charge on any atom is -0.395 e. The number of anilines is 1. The van der Waals surface area contributed by atoms with Crippen LogP contribution in [0.2, 0.25) is 5.02 Å². The number of aliphatic hydroxyl groups is 1. The second-order valence-electron chi connectivity index (χ2n) is 14.5. The van der Waals surface area contributed by atoms with Crippen LogP contribution < -0.4 is 10.0 Å². The van der Waals surface area contributed by atoms with Crippen LogP contribution in [0.4, 0.5) is 36.6 Å². The first-order valence-corrected chi connectivity index (χ1v) is 20.0. The van der Waals surface area contributed by atoms with Gasteiger partial charge in [-0.3, -0.25) is 18.9 Å². The van der Waals surface area contributed by atoms with Gasteiger partial charge >= 0.3 is 6.18 Å². The Balaban J connectivity index is 1.39. The van der Waals surface area contributed by atoms with E-state index in [1.54, 1.807) is 31.3 Å². The zero-order valence-corrected chi connectivity index (χ0v) is 32.5. The molecule has 306 valence electrons. The number of benzene rings is 2. The number of hydrogen-bond donors (Lipinski definition) is 3. The van der Waals surface area contributed by atoms with E-state index in [0.29, 0.717) is 45.6 Å². The third-order valence-corrected chi connectivity index (χ3v) is 11.2. The summed E-state index contributed by atoms with van der Waals surface area (Å²) in [4.78, 5) is 18.8. The second kappa shape index (κ2) is 15.6. The lowest BCUT2D eigenvalue weighted by atomic mass is 9.88. The Morgan fingerprint density at radius 2 is 1.74 bits per heavy atom. The van der Waals surface area contributed by atoms with E-state index in [9.17, 15) is 36.1 Å². The number of nitrogens with zero attached hydrogens (tertiary/aromatic N) is 5. The third kappa shape index (κ3) is 8.16. The maximum Gasteiger partial charge on any atom is 0.435 e. The number of carbonyl (C=O) groups is 1. The third-order valence-electron chi connectivity index (χ3n) is 10.4. The first-order chi connectivity index (χ1) is 27.4. The van der Waals surface area contributed by atoms with Gasteiger partial charge in [0.05, 0.1) is 39.7 Å². The fourth-order valence-corrected chi connectivity index (χ4v) is 8.51. The Morgan fingerprint density at radius 3 is 2.40 bits per heavy atom. The number of carbonyl (C=O) groups excluding carboxylic acids is 1. The molecule has 58 heavy (non-hydrogen) atoms. The Kier molecular flexibility index (Phi) is 11.1. The molecule has 7 rings (SSSR count). The van der Waals surface area contributed by atoms with E-state index in [0.717, 1.165) is 25.0 Å². The predicted octanol–water partition coefficient (Wildman–Crippen LogP) is 7.53. The number of rotatable bonds is 10. The van der Waals surface area contributed by atoms with E-state index in [1.807, 2.05) is 0 Å². The lowest BCUT2D eigenvalue weighted by molar-refractivity contribution is -0.142. The number of pyridine rings is 1. The quantitative estimate of drug-likeness (QED) is 0.0986. The molecule has 0 aliphatic heterocycles. The molecular weight excluding hydrogens is 815 g/mol. The Hall–Kier alpha value is -4.99. The van der Waals surface area contributed by atoms with Crippen LogP contribution in [-0.4, -0.2) is 52.6 Å². The topological polar surface area (TPSA) is 127 Å². The van der Waals surface area contributed by atoms with Crippen molar-refractivity contribution in [1.82, 2.24) is 29.9 Å². The molecule has 2 atom stereocenters. The molecule has 10 nitrogen and oxygen atoms in total. The van der Waals surface area contributed by atoms with Crippen molar-refractivity contribution >= 4 is 45.2 Å². The number of amides is 1. The minimum atomic E-state index is -5.07. The molecule has 2 aromatic carbocycles. The van der Waals surface area contributed by atoms with Gasteiger partial charge in [0.1, 0.15) is 40.6 Å². The summed E-state index contributed by atoms with van der Waals surface area (Å²) in [5, 5.41) is 21.4. The minimum absolute atomic E-state index is 0.0433. The molecular formula is C39H35ClF7N7O3S. The zero-order chi connectivity index (χ0) is 41.7. The van der Waals surface area contributed by atoms with E-state index in [1.165, 1.54) is 10.9 Å². The number of aryl methyl sites for hydroxylation is 1. The average molecular weight is 850 g/mol. The van der Waals surface area contributed by atoms with Crippen LogP contribution in [-0.2, 0) is 54.3 Å². The largest absolute Gasteiger partial charge is 0.435 e. The summed E-state index contributed by atoms with van der Waals surface area (Å²) < 4.78 is 118. The number of halogens is 8. The summed E-state index contributed by atoms with van der Waals surface area (Å²) in [5.74, 6) is -0.263. The predicted molar refractivity (Wildman–Crippen MR) is 202 cm³/mol. The van der Waals surface area contributed by atoms with Gasteiger partial charge in [-0.2, -0.15) is 32.1 Å². The Morgan fingerprint density at radius 1 is 1.05 bits per heavy atom. The molecule has 1 amide bonds. The summed E-state index contributed by atoms with van der Waals surface area (Å²) in [6.07, 6.45) is -2.48. The van der Waals surface area contributed by atoms with Gasteiger partial charge in [-0.1, -0.05) is 36.4 Å².